The Morgan fingerprint density at radius 1 is 0.981 bits per heavy atom. The Kier molecular flexibility index (Phi) is 27.7. The molecule has 0 bridgehead atoms. The summed E-state index contributed by atoms with van der Waals surface area (Å²) in [7, 11) is 1.71. The zero-order valence-electron chi connectivity index (χ0n) is 32.6. The molecule has 0 saturated carbocycles. The van der Waals surface area contributed by atoms with Crippen LogP contribution in [0, 0.1) is 7.43 Å². The van der Waals surface area contributed by atoms with Crippen molar-refractivity contribution in [1.29, 1.82) is 0 Å². The van der Waals surface area contributed by atoms with E-state index in [1.54, 1.807) is 22.6 Å². The number of anilines is 1. The molecule has 0 aliphatic carbocycles. The van der Waals surface area contributed by atoms with Gasteiger partial charge in [-0.25, -0.2) is 4.98 Å². The number of hydrogen-bond donors (Lipinski definition) is 1. The molecule has 2 aromatic rings. The zero-order chi connectivity index (χ0) is 36.6. The summed E-state index contributed by atoms with van der Waals surface area (Å²) >= 11 is 0. The van der Waals surface area contributed by atoms with Crippen LogP contribution >= 0.6 is 0 Å². The van der Waals surface area contributed by atoms with Crippen molar-refractivity contribution in [1.82, 2.24) is 9.55 Å². The van der Waals surface area contributed by atoms with Gasteiger partial charge in [-0.15, -0.1) is 0 Å². The summed E-state index contributed by atoms with van der Waals surface area (Å²) in [5.41, 5.74) is 8.43. The molecule has 3 heterocycles. The van der Waals surface area contributed by atoms with Crippen molar-refractivity contribution >= 4 is 18.2 Å². The van der Waals surface area contributed by atoms with Crippen LogP contribution in [0.2, 0.25) is 0 Å². The van der Waals surface area contributed by atoms with E-state index in [0.717, 1.165) is 87.0 Å². The first-order valence-electron chi connectivity index (χ1n) is 18.2. The Morgan fingerprint density at radius 3 is 2.27 bits per heavy atom. The molecule has 0 aromatic carbocycles. The number of amides is 1. The minimum absolute atomic E-state index is 0. The van der Waals surface area contributed by atoms with Gasteiger partial charge in [-0.2, -0.15) is 0 Å². The first-order valence-corrected chi connectivity index (χ1v) is 18.2. The normalized spacial score (nSPS) is 12.8. The van der Waals surface area contributed by atoms with E-state index in [1.165, 1.54) is 0 Å². The van der Waals surface area contributed by atoms with Crippen LogP contribution in [-0.2, 0) is 75.0 Å². The molecule has 13 heteroatoms. The predicted octanol–water partition coefficient (Wildman–Crippen LogP) is 5.27. The molecule has 1 radical (unpaired) electrons. The summed E-state index contributed by atoms with van der Waals surface area (Å²) in [4.78, 5) is 42.8. The number of rotatable bonds is 23. The topological polar surface area (TPSA) is 144 Å². The maximum atomic E-state index is 12.5. The van der Waals surface area contributed by atoms with Gasteiger partial charge < -0.3 is 41.4 Å². The van der Waals surface area contributed by atoms with Crippen molar-refractivity contribution < 1.29 is 55.7 Å². The summed E-state index contributed by atoms with van der Waals surface area (Å²) in [6.07, 6.45) is 10.7. The molecule has 0 saturated heterocycles. The first kappa shape index (κ1) is 49.6. The molecule has 0 spiro atoms. The van der Waals surface area contributed by atoms with E-state index in [0.29, 0.717) is 59.3 Å². The number of fused-ring (bicyclic) bond motifs is 1. The smallest absolute Gasteiger partial charge is 0.306 e. The first-order chi connectivity index (χ1) is 24.1. The number of nitrogens with two attached hydrogens (primary N) is 1. The molecule has 52 heavy (non-hydrogen) atoms. The van der Waals surface area contributed by atoms with E-state index < -0.39 is 0 Å². The molecular weight excluding hydrogens is 833 g/mol. The Balaban J connectivity index is 0.00000299. The second kappa shape index (κ2) is 29.0. The molecule has 12 nitrogen and oxygen atoms in total. The van der Waals surface area contributed by atoms with E-state index in [2.05, 4.69) is 12.1 Å². The number of methoxy groups -OCH3 is 1. The van der Waals surface area contributed by atoms with Gasteiger partial charge in [-0.1, -0.05) is 31.4 Å². The van der Waals surface area contributed by atoms with Crippen LogP contribution in [0.15, 0.2) is 35.3 Å². The molecule has 1 unspecified atom stereocenters. The third kappa shape index (κ3) is 20.7. The average Bonchev–Trinajstić information content (AvgIpc) is 3.10. The number of carbonyl (C=O) groups excluding carboxylic acids is 2. The largest absolute Gasteiger partial charge is 0.466 e. The Hall–Kier alpha value is -2.42. The van der Waals surface area contributed by atoms with Gasteiger partial charge in [0.25, 0.3) is 5.56 Å². The van der Waals surface area contributed by atoms with E-state index >= 15 is 0 Å². The van der Waals surface area contributed by atoms with Crippen LogP contribution < -0.4 is 16.2 Å². The van der Waals surface area contributed by atoms with Crippen molar-refractivity contribution in [3.8, 4) is 0 Å². The number of carbonyl (C=O) groups is 2. The summed E-state index contributed by atoms with van der Waals surface area (Å²) in [5, 5.41) is 0. The summed E-state index contributed by atoms with van der Waals surface area (Å²) < 4.78 is 28.2. The number of pyridine rings is 2. The van der Waals surface area contributed by atoms with E-state index in [-0.39, 0.29) is 59.3 Å². The van der Waals surface area contributed by atoms with Crippen LogP contribution in [0.4, 0.5) is 5.82 Å². The van der Waals surface area contributed by atoms with Crippen molar-refractivity contribution in [2.45, 2.75) is 104 Å². The van der Waals surface area contributed by atoms with E-state index in [4.69, 9.17) is 34.4 Å². The van der Waals surface area contributed by atoms with Crippen molar-refractivity contribution in [2.75, 3.05) is 71.3 Å². The maximum absolute atomic E-state index is 12.5. The van der Waals surface area contributed by atoms with Gasteiger partial charge in [-0.3, -0.25) is 19.3 Å². The molecule has 1 aliphatic heterocycles. The Bertz CT molecular complexity index is 1300. The SMILES string of the molecule is CCOC(=O)CC(CCCCCCc1ccc2c(n1)N(C=O)CCC2)c1ccc(=O)n(CCOCCOCCOCCN)c1.COC(C)(C)C.[CH3-].[Ta]. The molecular formula is C39H65N4O8Ta-. The van der Waals surface area contributed by atoms with E-state index in [1.807, 2.05) is 40.0 Å². The molecule has 2 aromatic heterocycles. The van der Waals surface area contributed by atoms with Gasteiger partial charge in [0.2, 0.25) is 6.41 Å². The summed E-state index contributed by atoms with van der Waals surface area (Å²) in [6, 6.07) is 7.58. The molecule has 0 fully saturated rings. The van der Waals surface area contributed by atoms with Gasteiger partial charge in [0.05, 0.1) is 58.3 Å². The second-order valence-corrected chi connectivity index (χ2v) is 13.3. The third-order valence-electron chi connectivity index (χ3n) is 8.28. The number of unbranched alkanes of at least 4 members (excludes halogenated alkanes) is 3. The van der Waals surface area contributed by atoms with Crippen molar-refractivity contribution in [3.63, 3.8) is 0 Å². The zero-order valence-corrected chi connectivity index (χ0v) is 35.8. The van der Waals surface area contributed by atoms with Crippen LogP contribution in [-0.4, -0.2) is 94.0 Å². The fourth-order valence-electron chi connectivity index (χ4n) is 5.36. The number of ether oxygens (including phenoxy) is 5. The maximum Gasteiger partial charge on any atom is 0.306 e. The van der Waals surface area contributed by atoms with Gasteiger partial charge in [-0.05, 0) is 82.9 Å². The number of hydrogen-bond acceptors (Lipinski definition) is 10. The van der Waals surface area contributed by atoms with Crippen LogP contribution in [0.25, 0.3) is 0 Å². The minimum Gasteiger partial charge on any atom is -0.466 e. The number of nitrogens with zero attached hydrogens (tertiary/aromatic N) is 3. The van der Waals surface area contributed by atoms with Gasteiger partial charge >= 0.3 is 5.97 Å². The van der Waals surface area contributed by atoms with Crippen molar-refractivity contribution in [3.05, 3.63) is 65.1 Å². The summed E-state index contributed by atoms with van der Waals surface area (Å²) in [5.74, 6) is 0.552. The van der Waals surface area contributed by atoms with E-state index in [9.17, 15) is 14.4 Å². The van der Waals surface area contributed by atoms with Crippen molar-refractivity contribution in [2.24, 2.45) is 5.73 Å². The molecule has 1 amide bonds. The molecule has 295 valence electrons. The van der Waals surface area contributed by atoms with Gasteiger partial charge in [0.15, 0.2) is 0 Å². The quantitative estimate of drug-likeness (QED) is 0.0679. The monoisotopic (exact) mass is 898 g/mol. The predicted molar refractivity (Wildman–Crippen MR) is 202 cm³/mol. The summed E-state index contributed by atoms with van der Waals surface area (Å²) in [6.45, 7) is 12.6. The Morgan fingerprint density at radius 2 is 1.63 bits per heavy atom. The van der Waals surface area contributed by atoms with Crippen LogP contribution in [0.5, 0.6) is 0 Å². The molecule has 2 N–H and O–H groups in total. The molecule has 3 rings (SSSR count). The van der Waals surface area contributed by atoms with Gasteiger partial charge in [0.1, 0.15) is 5.82 Å². The van der Waals surface area contributed by atoms with Crippen LogP contribution in [0.1, 0.15) is 95.4 Å². The van der Waals surface area contributed by atoms with Gasteiger partial charge in [0, 0.05) is 67.1 Å². The number of aromatic nitrogens is 2. The fourth-order valence-corrected chi connectivity index (χ4v) is 5.36. The molecule has 1 atom stereocenters. The minimum atomic E-state index is -0.227. The average molecular weight is 899 g/mol. The fraction of sp³-hybridized carbons (Fsp3) is 0.667. The standard InChI is InChI=1S/C33H50N4O7.C5H12O.CH3.Ta/c1-2-44-32(40)24-28(8-5-3-4-6-10-30-13-11-27-9-7-16-37(26-38)33(27)35-30)29-12-14-31(39)36(25-29)17-19-42-21-23-43-22-20-41-18-15-34;1-5(2,3)6-4;;/h11-14,25-26,28H,2-10,15-24,34H2,1H3;1-4H3;1H3;/q;;-1;. The Labute approximate surface area is 328 Å². The number of aryl methyl sites for hydroxylation is 2. The number of esters is 1. The second-order valence-electron chi connectivity index (χ2n) is 13.3. The third-order valence-corrected chi connectivity index (χ3v) is 8.28. The van der Waals surface area contributed by atoms with Crippen LogP contribution in [0.3, 0.4) is 0 Å². The molecule has 1 aliphatic rings.